The average molecular weight is 195 g/mol. The van der Waals surface area contributed by atoms with Crippen molar-refractivity contribution in [3.8, 4) is 0 Å². The van der Waals surface area contributed by atoms with Crippen LogP contribution in [0, 0.1) is 0 Å². The van der Waals surface area contributed by atoms with E-state index in [1.807, 2.05) is 17.1 Å². The van der Waals surface area contributed by atoms with E-state index in [9.17, 15) is 5.11 Å². The molecule has 1 fully saturated rings. The lowest BCUT2D eigenvalue weighted by Crippen LogP contribution is -2.60. The third kappa shape index (κ3) is 1.81. The Bertz CT molecular complexity index is 315. The van der Waals surface area contributed by atoms with Crippen molar-refractivity contribution >= 4 is 0 Å². The Morgan fingerprint density at radius 2 is 2.36 bits per heavy atom. The molecule has 0 saturated carbocycles. The number of β-amino-alcohol motifs (C(OH)–C–C–N with tert-alkyl or cyclic N) is 1. The van der Waals surface area contributed by atoms with E-state index in [2.05, 4.69) is 24.3 Å². The highest BCUT2D eigenvalue weighted by Crippen LogP contribution is 2.17. The smallest absolute Gasteiger partial charge is 0.0936 e. The van der Waals surface area contributed by atoms with Crippen molar-refractivity contribution in [1.29, 1.82) is 0 Å². The van der Waals surface area contributed by atoms with Gasteiger partial charge in [0, 0.05) is 31.7 Å². The van der Waals surface area contributed by atoms with E-state index in [-0.39, 0.29) is 0 Å². The Morgan fingerprint density at radius 1 is 1.64 bits per heavy atom. The lowest BCUT2D eigenvalue weighted by Gasteiger charge is -2.37. The first-order chi connectivity index (χ1) is 6.59. The van der Waals surface area contributed by atoms with Gasteiger partial charge in [-0.25, -0.2) is 0 Å². The second-order valence-electron chi connectivity index (χ2n) is 4.43. The van der Waals surface area contributed by atoms with Crippen LogP contribution in [-0.4, -0.2) is 33.6 Å². The van der Waals surface area contributed by atoms with Crippen LogP contribution in [0.4, 0.5) is 0 Å². The standard InChI is InChI=1S/C10H17N3O/c1-8(2)13-5-9(4-12-13)3-10(14)6-11-7-10/h4-5,8,11,14H,3,6-7H2,1-2H3. The monoisotopic (exact) mass is 195 g/mol. The molecule has 0 radical (unpaired) electrons. The van der Waals surface area contributed by atoms with Crippen molar-refractivity contribution in [2.75, 3.05) is 13.1 Å². The molecule has 0 spiro atoms. The molecule has 2 N–H and O–H groups in total. The Morgan fingerprint density at radius 3 is 2.79 bits per heavy atom. The van der Waals surface area contributed by atoms with Crippen molar-refractivity contribution in [1.82, 2.24) is 15.1 Å². The fraction of sp³-hybridized carbons (Fsp3) is 0.700. The molecule has 4 nitrogen and oxygen atoms in total. The van der Waals surface area contributed by atoms with Gasteiger partial charge < -0.3 is 10.4 Å². The van der Waals surface area contributed by atoms with Crippen molar-refractivity contribution in [3.63, 3.8) is 0 Å². The highest BCUT2D eigenvalue weighted by Gasteiger charge is 2.34. The number of rotatable bonds is 3. The van der Waals surface area contributed by atoms with Crippen LogP contribution in [0.3, 0.4) is 0 Å². The Labute approximate surface area is 83.9 Å². The predicted octanol–water partition coefficient (Wildman–Crippen LogP) is 0.341. The minimum absolute atomic E-state index is 0.387. The van der Waals surface area contributed by atoms with E-state index < -0.39 is 5.60 Å². The summed E-state index contributed by atoms with van der Waals surface area (Å²) in [5.74, 6) is 0. The summed E-state index contributed by atoms with van der Waals surface area (Å²) in [5, 5.41) is 17.2. The van der Waals surface area contributed by atoms with Crippen LogP contribution in [0.5, 0.6) is 0 Å². The molecule has 1 aliphatic rings. The van der Waals surface area contributed by atoms with E-state index in [1.54, 1.807) is 0 Å². The third-order valence-corrected chi connectivity index (χ3v) is 2.63. The Balaban J connectivity index is 2.02. The molecular weight excluding hydrogens is 178 g/mol. The van der Waals surface area contributed by atoms with Crippen LogP contribution in [0.2, 0.25) is 0 Å². The van der Waals surface area contributed by atoms with Gasteiger partial charge in [-0.3, -0.25) is 4.68 Å². The zero-order valence-corrected chi connectivity index (χ0v) is 8.70. The molecule has 1 aromatic heterocycles. The lowest BCUT2D eigenvalue weighted by molar-refractivity contribution is -0.00904. The molecule has 0 atom stereocenters. The fourth-order valence-corrected chi connectivity index (χ4v) is 1.67. The maximum Gasteiger partial charge on any atom is 0.0936 e. The summed E-state index contributed by atoms with van der Waals surface area (Å²) < 4.78 is 1.92. The van der Waals surface area contributed by atoms with Crippen molar-refractivity contribution < 1.29 is 5.11 Å². The van der Waals surface area contributed by atoms with E-state index in [0.717, 1.165) is 5.56 Å². The number of aromatic nitrogens is 2. The molecule has 1 saturated heterocycles. The van der Waals surface area contributed by atoms with Crippen LogP contribution >= 0.6 is 0 Å². The van der Waals surface area contributed by atoms with Crippen LogP contribution in [0.1, 0.15) is 25.5 Å². The van der Waals surface area contributed by atoms with Crippen molar-refractivity contribution in [2.24, 2.45) is 0 Å². The lowest BCUT2D eigenvalue weighted by atomic mass is 9.90. The minimum atomic E-state index is -0.537. The molecule has 0 unspecified atom stereocenters. The largest absolute Gasteiger partial charge is 0.387 e. The SMILES string of the molecule is CC(C)n1cc(CC2(O)CNC2)cn1. The summed E-state index contributed by atoms with van der Waals surface area (Å²) in [7, 11) is 0. The van der Waals surface area contributed by atoms with Crippen LogP contribution < -0.4 is 5.32 Å². The second-order valence-corrected chi connectivity index (χ2v) is 4.43. The van der Waals surface area contributed by atoms with Gasteiger partial charge in [0.2, 0.25) is 0 Å². The molecule has 0 aliphatic carbocycles. The number of hydrogen-bond donors (Lipinski definition) is 2. The molecule has 14 heavy (non-hydrogen) atoms. The van der Waals surface area contributed by atoms with Gasteiger partial charge >= 0.3 is 0 Å². The van der Waals surface area contributed by atoms with Gasteiger partial charge in [0.1, 0.15) is 0 Å². The quantitative estimate of drug-likeness (QED) is 0.731. The number of aliphatic hydroxyl groups is 1. The van der Waals surface area contributed by atoms with E-state index in [1.165, 1.54) is 0 Å². The molecule has 78 valence electrons. The van der Waals surface area contributed by atoms with Crippen LogP contribution in [0.25, 0.3) is 0 Å². The number of nitrogens with zero attached hydrogens (tertiary/aromatic N) is 2. The maximum absolute atomic E-state index is 9.91. The van der Waals surface area contributed by atoms with E-state index in [4.69, 9.17) is 0 Å². The maximum atomic E-state index is 9.91. The second kappa shape index (κ2) is 3.37. The first kappa shape index (κ1) is 9.68. The van der Waals surface area contributed by atoms with Gasteiger partial charge in [-0.2, -0.15) is 5.10 Å². The normalized spacial score (nSPS) is 19.7. The summed E-state index contributed by atoms with van der Waals surface area (Å²) >= 11 is 0. The first-order valence-corrected chi connectivity index (χ1v) is 5.05. The van der Waals surface area contributed by atoms with Gasteiger partial charge in [0.25, 0.3) is 0 Å². The first-order valence-electron chi connectivity index (χ1n) is 5.05. The van der Waals surface area contributed by atoms with Gasteiger partial charge in [0.15, 0.2) is 0 Å². The van der Waals surface area contributed by atoms with E-state index in [0.29, 0.717) is 25.6 Å². The summed E-state index contributed by atoms with van der Waals surface area (Å²) in [6, 6.07) is 0.387. The molecule has 1 aliphatic heterocycles. The van der Waals surface area contributed by atoms with Crippen molar-refractivity contribution in [2.45, 2.75) is 31.9 Å². The molecule has 0 amide bonds. The van der Waals surface area contributed by atoms with Gasteiger partial charge in [-0.05, 0) is 19.4 Å². The zero-order chi connectivity index (χ0) is 10.2. The molecule has 0 bridgehead atoms. The Hall–Kier alpha value is -0.870. The summed E-state index contributed by atoms with van der Waals surface area (Å²) in [6.07, 6.45) is 4.56. The summed E-state index contributed by atoms with van der Waals surface area (Å²) in [5.41, 5.74) is 0.577. The average Bonchev–Trinajstić information content (AvgIpc) is 2.50. The molecule has 0 aromatic carbocycles. The molecule has 4 heteroatoms. The zero-order valence-electron chi connectivity index (χ0n) is 8.70. The molecule has 2 rings (SSSR count). The third-order valence-electron chi connectivity index (χ3n) is 2.63. The number of nitrogens with one attached hydrogen (secondary N) is 1. The van der Waals surface area contributed by atoms with Crippen LogP contribution in [0.15, 0.2) is 12.4 Å². The fourth-order valence-electron chi connectivity index (χ4n) is 1.67. The number of hydrogen-bond acceptors (Lipinski definition) is 3. The van der Waals surface area contributed by atoms with Crippen LogP contribution in [-0.2, 0) is 6.42 Å². The van der Waals surface area contributed by atoms with Gasteiger partial charge in [-0.15, -0.1) is 0 Å². The summed E-state index contributed by atoms with van der Waals surface area (Å²) in [6.45, 7) is 5.58. The van der Waals surface area contributed by atoms with Crippen molar-refractivity contribution in [3.05, 3.63) is 18.0 Å². The molecule has 1 aromatic rings. The van der Waals surface area contributed by atoms with Gasteiger partial charge in [-0.1, -0.05) is 0 Å². The van der Waals surface area contributed by atoms with Gasteiger partial charge in [0.05, 0.1) is 11.8 Å². The topological polar surface area (TPSA) is 50.1 Å². The Kier molecular flexibility index (Phi) is 2.33. The van der Waals surface area contributed by atoms with E-state index >= 15 is 0 Å². The summed E-state index contributed by atoms with van der Waals surface area (Å²) in [4.78, 5) is 0. The molecule has 2 heterocycles. The highest BCUT2D eigenvalue weighted by molar-refractivity contribution is 5.12. The molecular formula is C10H17N3O. The highest BCUT2D eigenvalue weighted by atomic mass is 16.3. The predicted molar refractivity (Wildman–Crippen MR) is 54.1 cm³/mol. The minimum Gasteiger partial charge on any atom is -0.387 e.